The van der Waals surface area contributed by atoms with E-state index in [1.807, 2.05) is 54.6 Å². The Hall–Kier alpha value is -2.37. The predicted octanol–water partition coefficient (Wildman–Crippen LogP) is 2.31. The van der Waals surface area contributed by atoms with Gasteiger partial charge in [0.05, 0.1) is 19.3 Å². The molecule has 1 fully saturated rings. The number of carbonyl (C=O) groups excluding carboxylic acids is 1. The number of aliphatic hydroxyl groups is 1. The van der Waals surface area contributed by atoms with Crippen molar-refractivity contribution in [2.24, 2.45) is 0 Å². The molecule has 1 heterocycles. The van der Waals surface area contributed by atoms with Crippen molar-refractivity contribution < 1.29 is 14.6 Å². The van der Waals surface area contributed by atoms with Crippen LogP contribution in [0.1, 0.15) is 23.7 Å². The van der Waals surface area contributed by atoms with Gasteiger partial charge in [-0.2, -0.15) is 0 Å². The van der Waals surface area contributed by atoms with E-state index in [4.69, 9.17) is 4.74 Å². The van der Waals surface area contributed by atoms with Crippen LogP contribution in [-0.2, 0) is 16.0 Å². The fourth-order valence-electron chi connectivity index (χ4n) is 3.05. The summed E-state index contributed by atoms with van der Waals surface area (Å²) in [6.45, 7) is 3.50. The molecule has 1 atom stereocenters. The molecule has 0 aromatic heterocycles. The van der Waals surface area contributed by atoms with Crippen molar-refractivity contribution in [1.29, 1.82) is 0 Å². The van der Waals surface area contributed by atoms with Crippen LogP contribution in [0, 0.1) is 0 Å². The average molecular weight is 354 g/mol. The Balaban J connectivity index is 1.43. The van der Waals surface area contributed by atoms with Crippen molar-refractivity contribution in [2.75, 3.05) is 37.7 Å². The Bertz CT molecular complexity index is 682. The molecule has 0 aliphatic carbocycles. The van der Waals surface area contributed by atoms with Gasteiger partial charge in [-0.05, 0) is 29.7 Å². The second kappa shape index (κ2) is 9.36. The Labute approximate surface area is 154 Å². The highest BCUT2D eigenvalue weighted by atomic mass is 16.5. The van der Waals surface area contributed by atoms with Crippen molar-refractivity contribution in [3.8, 4) is 0 Å². The van der Waals surface area contributed by atoms with E-state index in [1.54, 1.807) is 0 Å². The number of carbonyl (C=O) groups is 1. The third-order valence-corrected chi connectivity index (χ3v) is 4.63. The lowest BCUT2D eigenvalue weighted by molar-refractivity contribution is -0.121. The van der Waals surface area contributed by atoms with E-state index >= 15 is 0 Å². The van der Waals surface area contributed by atoms with Gasteiger partial charge in [0, 0.05) is 31.7 Å². The van der Waals surface area contributed by atoms with E-state index in [0.717, 1.165) is 43.1 Å². The molecule has 2 aromatic carbocycles. The second-order valence-corrected chi connectivity index (χ2v) is 6.50. The van der Waals surface area contributed by atoms with E-state index in [1.165, 1.54) is 0 Å². The number of amides is 1. The van der Waals surface area contributed by atoms with Crippen LogP contribution >= 0.6 is 0 Å². The molecule has 2 aromatic rings. The second-order valence-electron chi connectivity index (χ2n) is 6.50. The van der Waals surface area contributed by atoms with Crippen LogP contribution in [0.25, 0.3) is 0 Å². The fraction of sp³-hybridized carbons (Fsp3) is 0.381. The molecule has 1 unspecified atom stereocenters. The molecule has 138 valence electrons. The first-order chi connectivity index (χ1) is 12.7. The number of aryl methyl sites for hydroxylation is 1. The molecule has 1 aliphatic heterocycles. The minimum atomic E-state index is -0.700. The number of aliphatic hydroxyl groups excluding tert-OH is 1. The van der Waals surface area contributed by atoms with Crippen molar-refractivity contribution in [3.05, 3.63) is 65.7 Å². The lowest BCUT2D eigenvalue weighted by Gasteiger charge is -2.29. The smallest absolute Gasteiger partial charge is 0.220 e. The van der Waals surface area contributed by atoms with Crippen molar-refractivity contribution in [3.63, 3.8) is 0 Å². The molecular weight excluding hydrogens is 328 g/mol. The minimum absolute atomic E-state index is 0.0437. The number of nitrogens with zero attached hydrogens (tertiary/aromatic N) is 1. The molecule has 1 amide bonds. The summed E-state index contributed by atoms with van der Waals surface area (Å²) in [4.78, 5) is 14.2. The molecular formula is C21H26N2O3. The van der Waals surface area contributed by atoms with Gasteiger partial charge in [-0.25, -0.2) is 0 Å². The zero-order valence-electron chi connectivity index (χ0n) is 14.9. The summed E-state index contributed by atoms with van der Waals surface area (Å²) in [7, 11) is 0. The van der Waals surface area contributed by atoms with Crippen molar-refractivity contribution >= 4 is 11.6 Å². The summed E-state index contributed by atoms with van der Waals surface area (Å²) in [5.41, 5.74) is 3.09. The maximum Gasteiger partial charge on any atom is 0.220 e. The number of nitrogens with one attached hydrogen (secondary N) is 1. The third kappa shape index (κ3) is 5.31. The number of hydrogen-bond acceptors (Lipinski definition) is 4. The Morgan fingerprint density at radius 2 is 1.77 bits per heavy atom. The first-order valence-electron chi connectivity index (χ1n) is 9.14. The third-order valence-electron chi connectivity index (χ3n) is 4.63. The van der Waals surface area contributed by atoms with Gasteiger partial charge in [0.25, 0.3) is 0 Å². The molecule has 0 saturated carbocycles. The molecule has 1 saturated heterocycles. The number of hydrogen-bond donors (Lipinski definition) is 2. The van der Waals surface area contributed by atoms with E-state index in [9.17, 15) is 9.90 Å². The maximum atomic E-state index is 12.0. The van der Waals surface area contributed by atoms with Crippen LogP contribution < -0.4 is 10.2 Å². The molecule has 2 N–H and O–H groups in total. The summed E-state index contributed by atoms with van der Waals surface area (Å²) >= 11 is 0. The average Bonchev–Trinajstić information content (AvgIpc) is 2.72. The lowest BCUT2D eigenvalue weighted by atomic mass is 10.1. The molecule has 0 spiro atoms. The van der Waals surface area contributed by atoms with Crippen LogP contribution in [0.3, 0.4) is 0 Å². The topological polar surface area (TPSA) is 61.8 Å². The number of morpholine rings is 1. The molecule has 5 heteroatoms. The summed E-state index contributed by atoms with van der Waals surface area (Å²) in [6.07, 6.45) is 0.429. The van der Waals surface area contributed by atoms with Crippen molar-refractivity contribution in [2.45, 2.75) is 18.9 Å². The van der Waals surface area contributed by atoms with Gasteiger partial charge in [-0.1, -0.05) is 42.5 Å². The summed E-state index contributed by atoms with van der Waals surface area (Å²) in [6, 6.07) is 17.8. The highest BCUT2D eigenvalue weighted by molar-refractivity contribution is 5.76. The van der Waals surface area contributed by atoms with Gasteiger partial charge < -0.3 is 20.1 Å². The maximum absolute atomic E-state index is 12.0. The quantitative estimate of drug-likeness (QED) is 0.801. The first kappa shape index (κ1) is 18.4. The molecule has 5 nitrogen and oxygen atoms in total. The van der Waals surface area contributed by atoms with Crippen LogP contribution in [0.2, 0.25) is 0 Å². The molecule has 1 aliphatic rings. The normalized spacial score (nSPS) is 15.5. The number of ether oxygens (including phenoxy) is 1. The van der Waals surface area contributed by atoms with Gasteiger partial charge >= 0.3 is 0 Å². The number of benzene rings is 2. The molecule has 3 rings (SSSR count). The Morgan fingerprint density at radius 1 is 1.08 bits per heavy atom. The first-order valence-corrected chi connectivity index (χ1v) is 9.14. The fourth-order valence-corrected chi connectivity index (χ4v) is 3.05. The number of anilines is 1. The monoisotopic (exact) mass is 354 g/mol. The minimum Gasteiger partial charge on any atom is -0.387 e. The summed E-state index contributed by atoms with van der Waals surface area (Å²) in [5, 5.41) is 13.1. The highest BCUT2D eigenvalue weighted by Gasteiger charge is 2.13. The largest absolute Gasteiger partial charge is 0.387 e. The Morgan fingerprint density at radius 3 is 2.46 bits per heavy atom. The van der Waals surface area contributed by atoms with Crippen molar-refractivity contribution in [1.82, 2.24) is 5.32 Å². The van der Waals surface area contributed by atoms with E-state index < -0.39 is 6.10 Å². The molecule has 26 heavy (non-hydrogen) atoms. The van der Waals surface area contributed by atoms with Crippen LogP contribution in [0.15, 0.2) is 54.6 Å². The van der Waals surface area contributed by atoms with Crippen LogP contribution in [0.5, 0.6) is 0 Å². The van der Waals surface area contributed by atoms with Gasteiger partial charge in [-0.15, -0.1) is 0 Å². The SMILES string of the molecule is O=C(CCc1ccccc1)NCC(O)c1ccc(N2CCOCC2)cc1. The summed E-state index contributed by atoms with van der Waals surface area (Å²) < 4.78 is 5.36. The van der Waals surface area contributed by atoms with Gasteiger partial charge in [-0.3, -0.25) is 4.79 Å². The van der Waals surface area contributed by atoms with E-state index in [-0.39, 0.29) is 12.5 Å². The van der Waals surface area contributed by atoms with Gasteiger partial charge in [0.15, 0.2) is 0 Å². The van der Waals surface area contributed by atoms with Gasteiger partial charge in [0.2, 0.25) is 5.91 Å². The van der Waals surface area contributed by atoms with Gasteiger partial charge in [0.1, 0.15) is 0 Å². The summed E-state index contributed by atoms with van der Waals surface area (Å²) in [5.74, 6) is -0.0437. The zero-order valence-corrected chi connectivity index (χ0v) is 14.9. The molecule has 0 bridgehead atoms. The standard InChI is InChI=1S/C21H26N2O3/c24-20(16-22-21(25)11-6-17-4-2-1-3-5-17)18-7-9-19(10-8-18)23-12-14-26-15-13-23/h1-5,7-10,20,24H,6,11-16H2,(H,22,25). The predicted molar refractivity (Wildman–Crippen MR) is 102 cm³/mol. The lowest BCUT2D eigenvalue weighted by Crippen LogP contribution is -2.36. The van der Waals surface area contributed by atoms with Crippen LogP contribution in [0.4, 0.5) is 5.69 Å². The molecule has 0 radical (unpaired) electrons. The van der Waals surface area contributed by atoms with Crippen LogP contribution in [-0.4, -0.2) is 43.9 Å². The Kier molecular flexibility index (Phi) is 6.63. The number of rotatable bonds is 7. The highest BCUT2D eigenvalue weighted by Crippen LogP contribution is 2.20. The van der Waals surface area contributed by atoms with E-state index in [0.29, 0.717) is 12.8 Å². The van der Waals surface area contributed by atoms with E-state index in [2.05, 4.69) is 10.2 Å². The zero-order chi connectivity index (χ0) is 18.2.